The van der Waals surface area contributed by atoms with Crippen molar-refractivity contribution < 1.29 is 13.9 Å². The quantitative estimate of drug-likeness (QED) is 0.602. The van der Waals surface area contributed by atoms with Crippen LogP contribution in [0.3, 0.4) is 0 Å². The maximum Gasteiger partial charge on any atom is 0.277 e. The number of thioether (sulfide) groups is 1. The number of hydrogen-bond acceptors (Lipinski definition) is 8. The number of carbonyl (C=O) groups is 1. The number of nitrogens with one attached hydrogen (secondary N) is 1. The average Bonchev–Trinajstić information content (AvgIpc) is 3.36. The number of thiazole rings is 1. The van der Waals surface area contributed by atoms with Gasteiger partial charge in [-0.1, -0.05) is 17.8 Å². The Labute approximate surface area is 164 Å². The smallest absolute Gasteiger partial charge is 0.277 e. The fraction of sp³-hybridized carbons (Fsp3) is 0.333. The number of carbonyl (C=O) groups excluding carboxylic acids is 1. The predicted molar refractivity (Wildman–Crippen MR) is 103 cm³/mol. The molecule has 1 N–H and O–H groups in total. The molecule has 1 aliphatic carbocycles. The van der Waals surface area contributed by atoms with Crippen molar-refractivity contribution >= 4 is 34.1 Å². The van der Waals surface area contributed by atoms with Crippen LogP contribution in [0, 0.1) is 0 Å². The van der Waals surface area contributed by atoms with Crippen molar-refractivity contribution in [2.45, 2.75) is 37.5 Å². The molecule has 0 radical (unpaired) electrons. The van der Waals surface area contributed by atoms with Crippen molar-refractivity contribution in [2.24, 2.45) is 0 Å². The van der Waals surface area contributed by atoms with Crippen LogP contribution in [0.2, 0.25) is 0 Å². The first-order chi connectivity index (χ1) is 13.3. The molecule has 140 valence electrons. The van der Waals surface area contributed by atoms with Crippen LogP contribution in [0.25, 0.3) is 0 Å². The number of ether oxygens (including phenoxy) is 1. The van der Waals surface area contributed by atoms with Crippen molar-refractivity contribution in [3.8, 4) is 5.75 Å². The first-order valence-electron chi connectivity index (χ1n) is 8.65. The Morgan fingerprint density at radius 3 is 3.00 bits per heavy atom. The Hall–Kier alpha value is -2.39. The summed E-state index contributed by atoms with van der Waals surface area (Å²) in [4.78, 5) is 15.8. The van der Waals surface area contributed by atoms with Gasteiger partial charge in [-0.05, 0) is 48.9 Å². The van der Waals surface area contributed by atoms with Gasteiger partial charge in [-0.3, -0.25) is 4.79 Å². The zero-order chi connectivity index (χ0) is 18.5. The van der Waals surface area contributed by atoms with E-state index in [2.05, 4.69) is 32.6 Å². The van der Waals surface area contributed by atoms with Gasteiger partial charge in [-0.2, -0.15) is 0 Å². The van der Waals surface area contributed by atoms with Gasteiger partial charge in [0.15, 0.2) is 11.7 Å². The number of anilines is 1. The summed E-state index contributed by atoms with van der Waals surface area (Å²) < 4.78 is 11.3. The molecule has 2 aromatic heterocycles. The van der Waals surface area contributed by atoms with E-state index < -0.39 is 0 Å². The summed E-state index contributed by atoms with van der Waals surface area (Å²) in [6.07, 6.45) is 6.39. The van der Waals surface area contributed by atoms with E-state index in [1.165, 1.54) is 47.1 Å². The summed E-state index contributed by atoms with van der Waals surface area (Å²) in [5.74, 6) is 1.20. The Balaban J connectivity index is 1.26. The molecule has 4 rings (SSSR count). The molecule has 1 aromatic carbocycles. The number of aromatic nitrogens is 3. The van der Waals surface area contributed by atoms with E-state index in [4.69, 9.17) is 9.15 Å². The molecule has 0 aliphatic heterocycles. The molecular weight excluding hydrogens is 384 g/mol. The van der Waals surface area contributed by atoms with Crippen LogP contribution in [0.5, 0.6) is 5.75 Å². The second-order valence-corrected chi connectivity index (χ2v) is 7.88. The highest BCUT2D eigenvalue weighted by molar-refractivity contribution is 7.99. The number of benzene rings is 1. The summed E-state index contributed by atoms with van der Waals surface area (Å²) in [6.45, 7) is 0.206. The van der Waals surface area contributed by atoms with Gasteiger partial charge in [-0.25, -0.2) is 4.98 Å². The van der Waals surface area contributed by atoms with E-state index in [0.29, 0.717) is 16.2 Å². The van der Waals surface area contributed by atoms with E-state index in [9.17, 15) is 4.79 Å². The van der Waals surface area contributed by atoms with Gasteiger partial charge in [0.05, 0.1) is 5.75 Å². The SMILES string of the molecule is O=C(CSc1nnc(COc2ccc3c(c2)CCCC3)o1)Nc1nccs1. The van der Waals surface area contributed by atoms with Crippen molar-refractivity contribution in [1.29, 1.82) is 0 Å². The lowest BCUT2D eigenvalue weighted by Gasteiger charge is -2.16. The van der Waals surface area contributed by atoms with E-state index in [-0.39, 0.29) is 18.3 Å². The van der Waals surface area contributed by atoms with E-state index in [0.717, 1.165) is 18.6 Å². The van der Waals surface area contributed by atoms with Crippen LogP contribution < -0.4 is 10.1 Å². The third-order valence-electron chi connectivity index (χ3n) is 4.14. The van der Waals surface area contributed by atoms with E-state index >= 15 is 0 Å². The maximum absolute atomic E-state index is 11.8. The van der Waals surface area contributed by atoms with Crippen molar-refractivity contribution in [2.75, 3.05) is 11.1 Å². The third-order valence-corrected chi connectivity index (χ3v) is 5.64. The fourth-order valence-electron chi connectivity index (χ4n) is 2.87. The topological polar surface area (TPSA) is 90.1 Å². The minimum absolute atomic E-state index is 0.167. The minimum atomic E-state index is -0.167. The molecule has 7 nitrogen and oxygen atoms in total. The van der Waals surface area contributed by atoms with Crippen LogP contribution >= 0.6 is 23.1 Å². The Morgan fingerprint density at radius 1 is 1.26 bits per heavy atom. The van der Waals surface area contributed by atoms with Crippen molar-refractivity contribution in [3.05, 3.63) is 46.8 Å². The second kappa shape index (κ2) is 8.53. The monoisotopic (exact) mass is 402 g/mol. The number of fused-ring (bicyclic) bond motifs is 1. The molecule has 2 heterocycles. The number of hydrogen-bond donors (Lipinski definition) is 1. The van der Waals surface area contributed by atoms with Gasteiger partial charge in [0.1, 0.15) is 5.75 Å². The first kappa shape index (κ1) is 18.0. The number of nitrogens with zero attached hydrogens (tertiary/aromatic N) is 3. The number of amides is 1. The summed E-state index contributed by atoms with van der Waals surface area (Å²) >= 11 is 2.55. The molecule has 0 spiro atoms. The number of rotatable bonds is 7. The normalized spacial score (nSPS) is 13.2. The summed E-state index contributed by atoms with van der Waals surface area (Å²) in [7, 11) is 0. The van der Waals surface area contributed by atoms with Gasteiger partial charge in [0.25, 0.3) is 11.1 Å². The molecule has 9 heteroatoms. The maximum atomic E-state index is 11.8. The lowest BCUT2D eigenvalue weighted by atomic mass is 9.92. The van der Waals surface area contributed by atoms with Crippen molar-refractivity contribution in [1.82, 2.24) is 15.2 Å². The summed E-state index contributed by atoms with van der Waals surface area (Å²) in [6, 6.07) is 6.22. The standard InChI is InChI=1S/C18H18N4O3S2/c23-15(20-17-19-7-8-26-17)11-27-18-22-21-16(25-18)10-24-14-6-5-12-3-1-2-4-13(12)9-14/h5-9H,1-4,10-11H2,(H,19,20,23). The Bertz CT molecular complexity index is 911. The minimum Gasteiger partial charge on any atom is -0.484 e. The lowest BCUT2D eigenvalue weighted by Crippen LogP contribution is -2.13. The molecule has 0 atom stereocenters. The molecule has 3 aromatic rings. The predicted octanol–water partition coefficient (Wildman–Crippen LogP) is 3.71. The number of aryl methyl sites for hydroxylation is 2. The molecule has 1 amide bonds. The van der Waals surface area contributed by atoms with E-state index in [1.54, 1.807) is 11.6 Å². The van der Waals surface area contributed by atoms with Crippen LogP contribution in [-0.2, 0) is 24.2 Å². The van der Waals surface area contributed by atoms with Crippen LogP contribution in [0.1, 0.15) is 29.9 Å². The van der Waals surface area contributed by atoms with E-state index in [1.807, 2.05) is 6.07 Å². The fourth-order valence-corrected chi connectivity index (χ4v) is 3.99. The molecule has 0 fully saturated rings. The highest BCUT2D eigenvalue weighted by Gasteiger charge is 2.13. The van der Waals surface area contributed by atoms with Gasteiger partial charge < -0.3 is 14.5 Å². The van der Waals surface area contributed by atoms with Crippen LogP contribution in [0.15, 0.2) is 39.4 Å². The van der Waals surface area contributed by atoms with Crippen LogP contribution in [0.4, 0.5) is 5.13 Å². The van der Waals surface area contributed by atoms with Gasteiger partial charge in [-0.15, -0.1) is 21.5 Å². The third kappa shape index (κ3) is 4.86. The lowest BCUT2D eigenvalue weighted by molar-refractivity contribution is -0.113. The Morgan fingerprint density at radius 2 is 2.15 bits per heavy atom. The largest absolute Gasteiger partial charge is 0.484 e. The molecule has 0 saturated heterocycles. The second-order valence-electron chi connectivity index (χ2n) is 6.06. The molecule has 1 aliphatic rings. The average molecular weight is 403 g/mol. The molecule has 0 bridgehead atoms. The molecule has 27 heavy (non-hydrogen) atoms. The molecule has 0 unspecified atom stereocenters. The highest BCUT2D eigenvalue weighted by atomic mass is 32.2. The Kier molecular flexibility index (Phi) is 5.69. The highest BCUT2D eigenvalue weighted by Crippen LogP contribution is 2.26. The van der Waals surface area contributed by atoms with Gasteiger partial charge >= 0.3 is 0 Å². The summed E-state index contributed by atoms with van der Waals surface area (Å²) in [5, 5.41) is 13.3. The molecular formula is C18H18N4O3S2. The van der Waals surface area contributed by atoms with Gasteiger partial charge in [0, 0.05) is 11.6 Å². The zero-order valence-electron chi connectivity index (χ0n) is 14.5. The first-order valence-corrected chi connectivity index (χ1v) is 10.5. The molecule has 0 saturated carbocycles. The zero-order valence-corrected chi connectivity index (χ0v) is 16.1. The summed E-state index contributed by atoms with van der Waals surface area (Å²) in [5.41, 5.74) is 2.79. The van der Waals surface area contributed by atoms with Crippen LogP contribution in [-0.4, -0.2) is 26.8 Å². The van der Waals surface area contributed by atoms with Gasteiger partial charge in [0.2, 0.25) is 5.91 Å². The van der Waals surface area contributed by atoms with Crippen molar-refractivity contribution in [3.63, 3.8) is 0 Å².